The van der Waals surface area contributed by atoms with Crippen LogP contribution in [-0.2, 0) is 0 Å². The van der Waals surface area contributed by atoms with Crippen molar-refractivity contribution in [3.63, 3.8) is 0 Å². The van der Waals surface area contributed by atoms with Gasteiger partial charge in [-0.2, -0.15) is 0 Å². The predicted octanol–water partition coefficient (Wildman–Crippen LogP) is 1.42. The second kappa shape index (κ2) is 1.04. The number of rotatable bonds is 0. The summed E-state index contributed by atoms with van der Waals surface area (Å²) in [6, 6.07) is 0. The fourth-order valence-electron chi connectivity index (χ4n) is 0.0447. The molecule has 0 aliphatic carbocycles. The minimum absolute atomic E-state index is 1.05. The van der Waals surface area contributed by atoms with Crippen molar-refractivity contribution >= 4 is 37.7 Å². The average molecular weight is 162 g/mol. The molecule has 0 amide bonds. The molecule has 0 aromatic heterocycles. The van der Waals surface area contributed by atoms with E-state index in [-0.39, 0.29) is 0 Å². The van der Waals surface area contributed by atoms with Gasteiger partial charge < -0.3 is 0 Å². The third kappa shape index (κ3) is 1.48. The number of hydrogen-bond acceptors (Lipinski definition) is 5. The third-order valence-corrected chi connectivity index (χ3v) is 11.0. The Bertz CT molecular complexity index is 72.5. The van der Waals surface area contributed by atoms with Crippen molar-refractivity contribution < 1.29 is 9.79 Å². The Kier molecular flexibility index (Phi) is 0.959. The fraction of sp³-hybridized carbons (Fsp3) is 0. The van der Waals surface area contributed by atoms with Crippen LogP contribution < -0.4 is 0 Å². The van der Waals surface area contributed by atoms with Crippen LogP contribution in [-0.4, -0.2) is 9.79 Å². The van der Waals surface area contributed by atoms with E-state index in [2.05, 4.69) is 12.2 Å². The monoisotopic (exact) mass is 162 g/mol. The van der Waals surface area contributed by atoms with Gasteiger partial charge in [-0.15, -0.1) is 0 Å². The van der Waals surface area contributed by atoms with Crippen molar-refractivity contribution in [2.24, 2.45) is 0 Å². The van der Waals surface area contributed by atoms with Crippen molar-refractivity contribution in [1.82, 2.24) is 0 Å². The molecule has 0 aromatic carbocycles. The minimum atomic E-state index is -3.27. The second-order valence-corrected chi connectivity index (χ2v) is 15.3. The van der Waals surface area contributed by atoms with Gasteiger partial charge in [-0.1, -0.05) is 0 Å². The molecule has 0 unspecified atom stereocenters. The quantitative estimate of drug-likeness (QED) is 0.218. The molecule has 1 saturated heterocycles. The molecular weight excluding hydrogens is 159 g/mol. The van der Waals surface area contributed by atoms with E-state index in [0.29, 0.717) is 0 Å². The zero-order valence-corrected chi connectivity index (χ0v) is 6.03. The molecule has 1 fully saturated rings. The summed E-state index contributed by atoms with van der Waals surface area (Å²) in [5.74, 6) is 0. The molecule has 0 atom stereocenters. The van der Waals surface area contributed by atoms with E-state index >= 15 is 0 Å². The Morgan fingerprint density at radius 3 is 1.50 bits per heavy atom. The summed E-state index contributed by atoms with van der Waals surface area (Å²) in [6.07, 6.45) is 0. The van der Waals surface area contributed by atoms with E-state index in [4.69, 9.17) is 9.79 Å². The van der Waals surface area contributed by atoms with Gasteiger partial charge in [0.2, 0.25) is 0 Å². The first kappa shape index (κ1) is 5.54. The van der Waals surface area contributed by atoms with Crippen LogP contribution in [0.5, 0.6) is 0 Å². The van der Waals surface area contributed by atoms with Crippen molar-refractivity contribution in [3.8, 4) is 0 Å². The maximum atomic E-state index is 8.57. The van der Waals surface area contributed by atoms with Gasteiger partial charge in [0.05, 0.1) is 0 Å². The van der Waals surface area contributed by atoms with E-state index in [1.54, 1.807) is 0 Å². The zero-order valence-electron chi connectivity index (χ0n) is 2.61. The molecule has 1 aliphatic rings. The SMILES string of the molecule is OP1(O)(S)SS1. The summed E-state index contributed by atoms with van der Waals surface area (Å²) in [4.78, 5) is 17.1. The number of thiol groups is 1. The summed E-state index contributed by atoms with van der Waals surface area (Å²) in [5.41, 5.74) is 0. The van der Waals surface area contributed by atoms with Gasteiger partial charge >= 0.3 is 47.5 Å². The van der Waals surface area contributed by atoms with Crippen LogP contribution in [0.2, 0.25) is 0 Å². The molecule has 1 rings (SSSR count). The van der Waals surface area contributed by atoms with Crippen molar-refractivity contribution in [3.05, 3.63) is 0 Å². The van der Waals surface area contributed by atoms with Crippen molar-refractivity contribution in [2.45, 2.75) is 0 Å². The summed E-state index contributed by atoms with van der Waals surface area (Å²) in [7, 11) is 2.10. The molecule has 2 N–H and O–H groups in total. The summed E-state index contributed by atoms with van der Waals surface area (Å²) >= 11 is 3.56. The van der Waals surface area contributed by atoms with Crippen LogP contribution in [0.4, 0.5) is 0 Å². The molecule has 0 bridgehead atoms. The van der Waals surface area contributed by atoms with Gasteiger partial charge in [0.15, 0.2) is 0 Å². The molecule has 0 radical (unpaired) electrons. The zero-order chi connectivity index (χ0) is 4.86. The van der Waals surface area contributed by atoms with Crippen LogP contribution in [0.25, 0.3) is 0 Å². The molecule has 0 saturated carbocycles. The standard InChI is InChI=1S/H3O2PS3/c1-3(2,4)5-6-3/h1-2,4H. The summed E-state index contributed by atoms with van der Waals surface area (Å²) < 4.78 is -3.27. The molecule has 1 heterocycles. The maximum absolute atomic E-state index is 8.57. The molecule has 0 aromatic rings. The molecule has 0 spiro atoms. The van der Waals surface area contributed by atoms with Gasteiger partial charge in [0.1, 0.15) is 0 Å². The fourth-order valence-corrected chi connectivity index (χ4v) is 6.04. The molecule has 2 nitrogen and oxygen atoms in total. The Morgan fingerprint density at radius 1 is 1.33 bits per heavy atom. The Hall–Kier alpha value is 1.40. The molecular formula is H3O2PS3. The summed E-state index contributed by atoms with van der Waals surface area (Å²) in [5, 5.41) is 0. The van der Waals surface area contributed by atoms with Gasteiger partial charge in [-0.3, -0.25) is 0 Å². The molecule has 1 aliphatic heterocycles. The number of hydrogen-bond donors (Lipinski definition) is 3. The first-order valence-corrected chi connectivity index (χ1v) is 7.79. The van der Waals surface area contributed by atoms with Crippen LogP contribution in [0.1, 0.15) is 0 Å². The Balaban J connectivity index is 2.67. The van der Waals surface area contributed by atoms with E-state index in [1.807, 2.05) is 0 Å². The molecule has 38 valence electrons. The van der Waals surface area contributed by atoms with Crippen LogP contribution in [0.3, 0.4) is 0 Å². The van der Waals surface area contributed by atoms with Crippen LogP contribution in [0.15, 0.2) is 0 Å². The second-order valence-electron chi connectivity index (χ2n) is 0.982. The Labute approximate surface area is 47.8 Å². The first-order valence-electron chi connectivity index (χ1n) is 1.13. The third-order valence-electron chi connectivity index (χ3n) is 0.275. The molecule has 6 heavy (non-hydrogen) atoms. The van der Waals surface area contributed by atoms with Crippen molar-refractivity contribution in [1.29, 1.82) is 0 Å². The van der Waals surface area contributed by atoms with Gasteiger partial charge in [0.25, 0.3) is 0 Å². The average Bonchev–Trinajstić information content (AvgIpc) is 1.73. The first-order chi connectivity index (χ1) is 2.47. The summed E-state index contributed by atoms with van der Waals surface area (Å²) in [6.45, 7) is 0. The van der Waals surface area contributed by atoms with Gasteiger partial charge in [0, 0.05) is 0 Å². The van der Waals surface area contributed by atoms with Gasteiger partial charge in [-0.05, 0) is 0 Å². The van der Waals surface area contributed by atoms with Crippen LogP contribution in [0, 0.1) is 0 Å². The topological polar surface area (TPSA) is 40.5 Å². The molecule has 6 heteroatoms. The normalized spacial score (nSPS) is 42.8. The van der Waals surface area contributed by atoms with E-state index < -0.39 is 4.66 Å². The Morgan fingerprint density at radius 2 is 1.50 bits per heavy atom. The van der Waals surface area contributed by atoms with Crippen LogP contribution >= 0.6 is 37.7 Å². The van der Waals surface area contributed by atoms with E-state index in [9.17, 15) is 0 Å². The van der Waals surface area contributed by atoms with Crippen molar-refractivity contribution in [2.75, 3.05) is 0 Å². The van der Waals surface area contributed by atoms with E-state index in [1.165, 1.54) is 0 Å². The van der Waals surface area contributed by atoms with E-state index in [0.717, 1.165) is 20.8 Å². The predicted molar refractivity (Wildman–Crippen MR) is 35.5 cm³/mol. The van der Waals surface area contributed by atoms with Gasteiger partial charge in [-0.25, -0.2) is 0 Å².